The minimum Gasteiger partial charge on any atom is -0.388 e. The molecule has 2 nitrogen and oxygen atoms in total. The Bertz CT molecular complexity index is 144. The highest BCUT2D eigenvalue weighted by Gasteiger charge is 2.39. The van der Waals surface area contributed by atoms with E-state index in [1.165, 1.54) is 0 Å². The topological polar surface area (TPSA) is 29.5 Å². The maximum atomic E-state index is 9.62. The van der Waals surface area contributed by atoms with Gasteiger partial charge in [0.15, 0.2) is 0 Å². The molecule has 1 N–H and O–H groups in total. The Morgan fingerprint density at radius 1 is 1.45 bits per heavy atom. The number of hydrogen-bond acceptors (Lipinski definition) is 2. The normalized spacial score (nSPS) is 30.8. The Labute approximate surface area is 68.6 Å². The SMILES string of the molecule is CC1(C)CC[C@@H](C(C)(C)O)O1. The average Bonchev–Trinajstić information content (AvgIpc) is 2.07. The second kappa shape index (κ2) is 2.46. The van der Waals surface area contributed by atoms with Crippen molar-refractivity contribution >= 4 is 0 Å². The van der Waals surface area contributed by atoms with Crippen LogP contribution in [0.1, 0.15) is 40.5 Å². The molecule has 66 valence electrons. The van der Waals surface area contributed by atoms with Crippen LogP contribution in [0.15, 0.2) is 0 Å². The van der Waals surface area contributed by atoms with Crippen LogP contribution in [0.4, 0.5) is 0 Å². The van der Waals surface area contributed by atoms with Crippen LogP contribution in [0.5, 0.6) is 0 Å². The number of aliphatic hydroxyl groups is 1. The van der Waals surface area contributed by atoms with Crippen LogP contribution in [0.2, 0.25) is 0 Å². The zero-order valence-electron chi connectivity index (χ0n) is 7.85. The molecule has 1 atom stereocenters. The van der Waals surface area contributed by atoms with Crippen molar-refractivity contribution in [2.45, 2.75) is 57.8 Å². The van der Waals surface area contributed by atoms with Gasteiger partial charge in [0.25, 0.3) is 0 Å². The van der Waals surface area contributed by atoms with Gasteiger partial charge in [0.05, 0.1) is 17.3 Å². The molecule has 1 rings (SSSR count). The maximum absolute atomic E-state index is 9.62. The Hall–Kier alpha value is -0.0800. The van der Waals surface area contributed by atoms with Crippen LogP contribution >= 0.6 is 0 Å². The molecule has 0 aromatic heterocycles. The third-order valence-corrected chi connectivity index (χ3v) is 2.26. The lowest BCUT2D eigenvalue weighted by Crippen LogP contribution is -2.37. The molecule has 0 saturated carbocycles. The van der Waals surface area contributed by atoms with E-state index in [-0.39, 0.29) is 11.7 Å². The third-order valence-electron chi connectivity index (χ3n) is 2.26. The smallest absolute Gasteiger partial charge is 0.0864 e. The highest BCUT2D eigenvalue weighted by molar-refractivity contribution is 4.89. The highest BCUT2D eigenvalue weighted by Crippen LogP contribution is 2.34. The van der Waals surface area contributed by atoms with E-state index in [4.69, 9.17) is 4.74 Å². The first-order valence-electron chi connectivity index (χ1n) is 4.21. The fraction of sp³-hybridized carbons (Fsp3) is 1.00. The summed E-state index contributed by atoms with van der Waals surface area (Å²) < 4.78 is 5.66. The van der Waals surface area contributed by atoms with Gasteiger partial charge in [0.1, 0.15) is 0 Å². The summed E-state index contributed by atoms with van der Waals surface area (Å²) in [6.45, 7) is 7.75. The predicted molar refractivity (Wildman–Crippen MR) is 44.5 cm³/mol. The molecular weight excluding hydrogens is 140 g/mol. The molecule has 0 aromatic carbocycles. The summed E-state index contributed by atoms with van der Waals surface area (Å²) in [6.07, 6.45) is 2.02. The van der Waals surface area contributed by atoms with E-state index in [2.05, 4.69) is 13.8 Å². The Morgan fingerprint density at radius 2 is 2.00 bits per heavy atom. The highest BCUT2D eigenvalue weighted by atomic mass is 16.5. The van der Waals surface area contributed by atoms with Crippen LogP contribution in [0, 0.1) is 0 Å². The zero-order chi connectivity index (χ0) is 8.70. The molecule has 1 aliphatic heterocycles. The van der Waals surface area contributed by atoms with Crippen molar-refractivity contribution in [3.8, 4) is 0 Å². The summed E-state index contributed by atoms with van der Waals surface area (Å²) in [5.41, 5.74) is -0.724. The van der Waals surface area contributed by atoms with E-state index in [0.717, 1.165) is 12.8 Å². The fourth-order valence-electron chi connectivity index (χ4n) is 1.48. The van der Waals surface area contributed by atoms with Gasteiger partial charge in [-0.05, 0) is 40.5 Å². The van der Waals surface area contributed by atoms with Gasteiger partial charge < -0.3 is 9.84 Å². The molecule has 2 heteroatoms. The van der Waals surface area contributed by atoms with Crippen LogP contribution in [0.25, 0.3) is 0 Å². The number of rotatable bonds is 1. The lowest BCUT2D eigenvalue weighted by Gasteiger charge is -2.27. The fourth-order valence-corrected chi connectivity index (χ4v) is 1.48. The van der Waals surface area contributed by atoms with Gasteiger partial charge in [-0.25, -0.2) is 0 Å². The lowest BCUT2D eigenvalue weighted by molar-refractivity contribution is -0.109. The second-order valence-corrected chi connectivity index (χ2v) is 4.56. The summed E-state index contributed by atoms with van der Waals surface area (Å²) >= 11 is 0. The van der Waals surface area contributed by atoms with Gasteiger partial charge >= 0.3 is 0 Å². The molecule has 0 unspecified atom stereocenters. The first-order chi connectivity index (χ1) is 4.81. The molecule has 11 heavy (non-hydrogen) atoms. The molecule has 0 spiro atoms. The van der Waals surface area contributed by atoms with Gasteiger partial charge in [-0.3, -0.25) is 0 Å². The largest absolute Gasteiger partial charge is 0.388 e. The van der Waals surface area contributed by atoms with Gasteiger partial charge in [-0.2, -0.15) is 0 Å². The molecule has 0 amide bonds. The molecular formula is C9H18O2. The van der Waals surface area contributed by atoms with Crippen molar-refractivity contribution in [3.05, 3.63) is 0 Å². The summed E-state index contributed by atoms with van der Waals surface area (Å²) in [6, 6.07) is 0. The predicted octanol–water partition coefficient (Wildman–Crippen LogP) is 1.71. The van der Waals surface area contributed by atoms with Crippen molar-refractivity contribution in [2.24, 2.45) is 0 Å². The van der Waals surface area contributed by atoms with Crippen molar-refractivity contribution < 1.29 is 9.84 Å². The summed E-state index contributed by atoms with van der Waals surface area (Å²) in [5, 5.41) is 9.62. The van der Waals surface area contributed by atoms with Gasteiger partial charge in [-0.1, -0.05) is 0 Å². The van der Waals surface area contributed by atoms with Crippen molar-refractivity contribution in [2.75, 3.05) is 0 Å². The van der Waals surface area contributed by atoms with Gasteiger partial charge in [-0.15, -0.1) is 0 Å². The van der Waals surface area contributed by atoms with Crippen LogP contribution in [-0.2, 0) is 4.74 Å². The molecule has 0 bridgehead atoms. The molecule has 1 saturated heterocycles. The number of hydrogen-bond donors (Lipinski definition) is 1. The maximum Gasteiger partial charge on any atom is 0.0864 e. The lowest BCUT2D eigenvalue weighted by atomic mass is 9.98. The van der Waals surface area contributed by atoms with Gasteiger partial charge in [0.2, 0.25) is 0 Å². The van der Waals surface area contributed by atoms with E-state index in [1.54, 1.807) is 13.8 Å². The summed E-state index contributed by atoms with van der Waals surface area (Å²) in [7, 11) is 0. The third kappa shape index (κ3) is 2.17. The Morgan fingerprint density at radius 3 is 2.18 bits per heavy atom. The molecule has 1 aliphatic rings. The average molecular weight is 158 g/mol. The van der Waals surface area contributed by atoms with E-state index in [1.807, 2.05) is 0 Å². The van der Waals surface area contributed by atoms with E-state index in [0.29, 0.717) is 0 Å². The van der Waals surface area contributed by atoms with E-state index >= 15 is 0 Å². The molecule has 0 aliphatic carbocycles. The summed E-state index contributed by atoms with van der Waals surface area (Å²) in [5.74, 6) is 0. The molecule has 0 aromatic rings. The zero-order valence-corrected chi connectivity index (χ0v) is 7.85. The first kappa shape index (κ1) is 9.01. The first-order valence-corrected chi connectivity index (χ1v) is 4.21. The van der Waals surface area contributed by atoms with Crippen LogP contribution < -0.4 is 0 Å². The monoisotopic (exact) mass is 158 g/mol. The van der Waals surface area contributed by atoms with E-state index < -0.39 is 5.60 Å². The Kier molecular flexibility index (Phi) is 2.01. The minimum absolute atomic E-state index is 0.0116. The molecule has 0 radical (unpaired) electrons. The van der Waals surface area contributed by atoms with Crippen molar-refractivity contribution in [3.63, 3.8) is 0 Å². The second-order valence-electron chi connectivity index (χ2n) is 4.56. The Balaban J connectivity index is 2.55. The van der Waals surface area contributed by atoms with Gasteiger partial charge in [0, 0.05) is 0 Å². The van der Waals surface area contributed by atoms with Crippen molar-refractivity contribution in [1.29, 1.82) is 0 Å². The summed E-state index contributed by atoms with van der Waals surface area (Å²) in [4.78, 5) is 0. The van der Waals surface area contributed by atoms with Crippen LogP contribution in [0.3, 0.4) is 0 Å². The van der Waals surface area contributed by atoms with E-state index in [9.17, 15) is 5.11 Å². The minimum atomic E-state index is -0.687. The standard InChI is InChI=1S/C9H18O2/c1-8(2)6-5-7(11-8)9(3,4)10/h7,10H,5-6H2,1-4H3/t7-/m0/s1. The van der Waals surface area contributed by atoms with Crippen LogP contribution in [-0.4, -0.2) is 22.4 Å². The number of ether oxygens (including phenoxy) is 1. The molecule has 1 fully saturated rings. The quantitative estimate of drug-likeness (QED) is 0.629. The molecule has 1 heterocycles. The van der Waals surface area contributed by atoms with Crippen molar-refractivity contribution in [1.82, 2.24) is 0 Å².